The van der Waals surface area contributed by atoms with Gasteiger partial charge in [0.15, 0.2) is 5.78 Å². The highest BCUT2D eigenvalue weighted by atomic mass is 79.9. The molecule has 2 rings (SSSR count). The van der Waals surface area contributed by atoms with Gasteiger partial charge in [-0.2, -0.15) is 0 Å². The molecule has 1 nitrogen and oxygen atoms in total. The molecule has 0 bridgehead atoms. The number of hydrogen-bond donors (Lipinski definition) is 0. The van der Waals surface area contributed by atoms with E-state index in [0.717, 1.165) is 7.57 Å². The second-order valence-corrected chi connectivity index (χ2v) is 8.10. The highest BCUT2D eigenvalue weighted by molar-refractivity contribution is 9.12. The maximum atomic E-state index is 12.2. The van der Waals surface area contributed by atoms with Crippen LogP contribution in [0.5, 0.6) is 0 Å². The highest BCUT2D eigenvalue weighted by Crippen LogP contribution is 2.33. The van der Waals surface area contributed by atoms with Gasteiger partial charge in [0.2, 0.25) is 0 Å². The molecule has 0 spiro atoms. The normalized spacial score (nSPS) is 10.7. The van der Waals surface area contributed by atoms with Gasteiger partial charge in [0, 0.05) is 22.0 Å². The maximum absolute atomic E-state index is 12.2. The molecule has 0 amide bonds. The molecule has 0 aliphatic carbocycles. The molecule has 1 aromatic carbocycles. The summed E-state index contributed by atoms with van der Waals surface area (Å²) in [5.74, 6) is -0.0150. The zero-order valence-corrected chi connectivity index (χ0v) is 14.3. The number of halogens is 4. The van der Waals surface area contributed by atoms with Crippen molar-refractivity contribution in [3.8, 4) is 0 Å². The second-order valence-electron chi connectivity index (χ2n) is 3.54. The van der Waals surface area contributed by atoms with Crippen LogP contribution in [-0.4, -0.2) is 5.78 Å². The van der Waals surface area contributed by atoms with E-state index in [1.54, 1.807) is 24.3 Å². The zero-order chi connectivity index (χ0) is 13.3. The van der Waals surface area contributed by atoms with E-state index in [4.69, 9.17) is 23.2 Å². The van der Waals surface area contributed by atoms with Crippen LogP contribution in [0.2, 0.25) is 10.0 Å². The summed E-state index contributed by atoms with van der Waals surface area (Å²) in [7, 11) is 0. The van der Waals surface area contributed by atoms with Gasteiger partial charge in [0.1, 0.15) is 0 Å². The Morgan fingerprint density at radius 3 is 2.33 bits per heavy atom. The summed E-state index contributed by atoms with van der Waals surface area (Å²) in [5.41, 5.74) is 1.31. The third kappa shape index (κ3) is 3.17. The van der Waals surface area contributed by atoms with Crippen molar-refractivity contribution in [2.24, 2.45) is 0 Å². The lowest BCUT2D eigenvalue weighted by atomic mass is 10.1. The number of hydrogen-bond acceptors (Lipinski definition) is 2. The molecule has 0 saturated carbocycles. The summed E-state index contributed by atoms with van der Waals surface area (Å²) in [6.45, 7) is 0. The van der Waals surface area contributed by atoms with Crippen molar-refractivity contribution in [3.05, 3.63) is 53.0 Å². The number of carbonyl (C=O) groups excluding carboxylic acids is 1. The fourth-order valence-electron chi connectivity index (χ4n) is 1.49. The molecule has 0 radical (unpaired) electrons. The van der Waals surface area contributed by atoms with Crippen molar-refractivity contribution >= 4 is 72.2 Å². The lowest BCUT2D eigenvalue weighted by Gasteiger charge is -2.05. The SMILES string of the molecule is O=C(Cc1c(Cl)cccc1Cl)c1cc(Br)sc1Br. The van der Waals surface area contributed by atoms with Crippen LogP contribution in [0.15, 0.2) is 31.8 Å². The van der Waals surface area contributed by atoms with Crippen molar-refractivity contribution in [2.45, 2.75) is 6.42 Å². The predicted molar refractivity (Wildman–Crippen MR) is 84.2 cm³/mol. The van der Waals surface area contributed by atoms with Crippen LogP contribution in [0.25, 0.3) is 0 Å². The number of benzene rings is 1. The number of rotatable bonds is 3. The van der Waals surface area contributed by atoms with E-state index in [0.29, 0.717) is 21.2 Å². The molecule has 1 heterocycles. The number of ketones is 1. The molecular weight excluding hydrogens is 423 g/mol. The summed E-state index contributed by atoms with van der Waals surface area (Å²) >= 11 is 20.3. The van der Waals surface area contributed by atoms with Crippen LogP contribution in [-0.2, 0) is 6.42 Å². The van der Waals surface area contributed by atoms with Gasteiger partial charge in [0.05, 0.1) is 7.57 Å². The lowest BCUT2D eigenvalue weighted by molar-refractivity contribution is 0.0993. The molecule has 0 atom stereocenters. The monoisotopic (exact) mass is 426 g/mol. The first kappa shape index (κ1) is 14.5. The van der Waals surface area contributed by atoms with Crippen molar-refractivity contribution in [1.82, 2.24) is 0 Å². The predicted octanol–water partition coefficient (Wildman–Crippen LogP) is 6.01. The first-order valence-electron chi connectivity index (χ1n) is 4.90. The van der Waals surface area contributed by atoms with E-state index >= 15 is 0 Å². The molecule has 6 heteroatoms. The largest absolute Gasteiger partial charge is 0.294 e. The minimum atomic E-state index is -0.0150. The highest BCUT2D eigenvalue weighted by Gasteiger charge is 2.17. The van der Waals surface area contributed by atoms with Crippen molar-refractivity contribution < 1.29 is 4.79 Å². The zero-order valence-electron chi connectivity index (χ0n) is 8.84. The molecule has 94 valence electrons. The quantitative estimate of drug-likeness (QED) is 0.547. The average molecular weight is 429 g/mol. The Morgan fingerprint density at radius 1 is 1.22 bits per heavy atom. The lowest BCUT2D eigenvalue weighted by Crippen LogP contribution is -2.04. The van der Waals surface area contributed by atoms with E-state index in [9.17, 15) is 4.79 Å². The van der Waals surface area contributed by atoms with E-state index in [1.165, 1.54) is 11.3 Å². The van der Waals surface area contributed by atoms with Crippen LogP contribution in [0, 0.1) is 0 Å². The van der Waals surface area contributed by atoms with Gasteiger partial charge < -0.3 is 0 Å². The van der Waals surface area contributed by atoms with E-state index in [-0.39, 0.29) is 12.2 Å². The Balaban J connectivity index is 2.30. The Bertz CT molecular complexity index is 590. The maximum Gasteiger partial charge on any atom is 0.169 e. The Hall–Kier alpha value is 0.130. The van der Waals surface area contributed by atoms with Gasteiger partial charge >= 0.3 is 0 Å². The van der Waals surface area contributed by atoms with Gasteiger partial charge in [0.25, 0.3) is 0 Å². The van der Waals surface area contributed by atoms with Crippen LogP contribution in [0.3, 0.4) is 0 Å². The fraction of sp³-hybridized carbons (Fsp3) is 0.0833. The molecule has 0 unspecified atom stereocenters. The molecule has 18 heavy (non-hydrogen) atoms. The van der Waals surface area contributed by atoms with Gasteiger partial charge in [-0.05, 0) is 55.6 Å². The topological polar surface area (TPSA) is 17.1 Å². The average Bonchev–Trinajstić information content (AvgIpc) is 2.63. The van der Waals surface area contributed by atoms with E-state index < -0.39 is 0 Å². The Morgan fingerprint density at radius 2 is 1.83 bits per heavy atom. The van der Waals surface area contributed by atoms with Crippen LogP contribution >= 0.6 is 66.4 Å². The molecule has 0 saturated heterocycles. The minimum absolute atomic E-state index is 0.0150. The first-order chi connectivity index (χ1) is 8.49. The Labute approximate surface area is 135 Å². The van der Waals surface area contributed by atoms with Gasteiger partial charge in [-0.3, -0.25) is 4.79 Å². The number of carbonyl (C=O) groups is 1. The summed E-state index contributed by atoms with van der Waals surface area (Å²) in [4.78, 5) is 12.2. The Kier molecular flexibility index (Phi) is 4.89. The molecule has 0 fully saturated rings. The van der Waals surface area contributed by atoms with Crippen molar-refractivity contribution in [3.63, 3.8) is 0 Å². The third-order valence-electron chi connectivity index (χ3n) is 2.36. The molecular formula is C12H6Br2Cl2OS. The van der Waals surface area contributed by atoms with Crippen LogP contribution in [0.1, 0.15) is 15.9 Å². The third-order valence-corrected chi connectivity index (χ3v) is 5.40. The van der Waals surface area contributed by atoms with Gasteiger partial charge in [-0.1, -0.05) is 29.3 Å². The van der Waals surface area contributed by atoms with Crippen LogP contribution in [0.4, 0.5) is 0 Å². The van der Waals surface area contributed by atoms with E-state index in [1.807, 2.05) is 0 Å². The molecule has 0 aliphatic heterocycles. The smallest absolute Gasteiger partial charge is 0.169 e. The van der Waals surface area contributed by atoms with Gasteiger partial charge in [-0.25, -0.2) is 0 Å². The van der Waals surface area contributed by atoms with Gasteiger partial charge in [-0.15, -0.1) is 11.3 Å². The summed E-state index contributed by atoms with van der Waals surface area (Å²) in [6, 6.07) is 7.01. The molecule has 2 aromatic rings. The second kappa shape index (κ2) is 6.06. The standard InChI is InChI=1S/C12H6Br2Cl2OS/c13-11-5-7(12(14)18-11)10(17)4-6-8(15)2-1-3-9(6)16/h1-3,5H,4H2. The molecule has 1 aromatic heterocycles. The number of Topliss-reactive ketones (excluding diaryl/α,β-unsaturated/α-hetero) is 1. The molecule has 0 aliphatic rings. The van der Waals surface area contributed by atoms with E-state index in [2.05, 4.69) is 31.9 Å². The molecule has 0 N–H and O–H groups in total. The number of thiophene rings is 1. The summed E-state index contributed by atoms with van der Waals surface area (Å²) in [6.07, 6.45) is 0.195. The fourth-order valence-corrected chi connectivity index (χ4v) is 4.87. The summed E-state index contributed by atoms with van der Waals surface area (Å²) < 4.78 is 1.71. The summed E-state index contributed by atoms with van der Waals surface area (Å²) in [5, 5.41) is 1.03. The van der Waals surface area contributed by atoms with Crippen molar-refractivity contribution in [1.29, 1.82) is 0 Å². The minimum Gasteiger partial charge on any atom is -0.294 e. The van der Waals surface area contributed by atoms with Crippen molar-refractivity contribution in [2.75, 3.05) is 0 Å². The first-order valence-corrected chi connectivity index (χ1v) is 8.06. The van der Waals surface area contributed by atoms with Crippen LogP contribution < -0.4 is 0 Å².